The largest absolute Gasteiger partial charge is 0.465 e. The highest BCUT2D eigenvalue weighted by molar-refractivity contribution is 5.92. The predicted molar refractivity (Wildman–Crippen MR) is 126 cm³/mol. The van der Waals surface area contributed by atoms with E-state index in [9.17, 15) is 4.79 Å². The van der Waals surface area contributed by atoms with Crippen LogP contribution in [-0.2, 0) is 9.47 Å². The number of methoxy groups -OCH3 is 1. The Kier molecular flexibility index (Phi) is 5.73. The fourth-order valence-corrected chi connectivity index (χ4v) is 3.64. The lowest BCUT2D eigenvalue weighted by molar-refractivity contribution is 0.0601. The van der Waals surface area contributed by atoms with E-state index < -0.39 is 5.97 Å². The summed E-state index contributed by atoms with van der Waals surface area (Å²) in [6.45, 7) is 3.09. The summed E-state index contributed by atoms with van der Waals surface area (Å²) in [5.74, 6) is 1.52. The predicted octanol–water partition coefficient (Wildman–Crippen LogP) is 3.46. The number of morpholine rings is 1. The number of H-pyrrole nitrogens is 1. The molecule has 1 aliphatic rings. The maximum absolute atomic E-state index is 11.9. The van der Waals surface area contributed by atoms with Crippen LogP contribution in [0.15, 0.2) is 54.9 Å². The number of benzene rings is 1. The van der Waals surface area contributed by atoms with Crippen LogP contribution >= 0.6 is 0 Å². The van der Waals surface area contributed by atoms with Crippen LogP contribution in [0.4, 0.5) is 29.0 Å². The number of esters is 1. The molecule has 5 rings (SSSR count). The van der Waals surface area contributed by atoms with Crippen molar-refractivity contribution in [2.75, 3.05) is 48.9 Å². The summed E-state index contributed by atoms with van der Waals surface area (Å²) in [7, 11) is 1.36. The Morgan fingerprint density at radius 2 is 1.97 bits per heavy atom. The number of nitrogens with one attached hydrogen (secondary N) is 3. The smallest absolute Gasteiger partial charge is 0.337 e. The molecule has 1 aliphatic heterocycles. The maximum Gasteiger partial charge on any atom is 0.337 e. The van der Waals surface area contributed by atoms with Crippen LogP contribution in [0.25, 0.3) is 11.0 Å². The number of anilines is 5. The van der Waals surface area contributed by atoms with Crippen LogP contribution < -0.4 is 15.5 Å². The second kappa shape index (κ2) is 9.13. The number of aromatic nitrogens is 4. The van der Waals surface area contributed by atoms with Crippen molar-refractivity contribution in [1.82, 2.24) is 19.9 Å². The molecular weight excluding hydrogens is 422 g/mol. The highest BCUT2D eigenvalue weighted by Crippen LogP contribution is 2.26. The van der Waals surface area contributed by atoms with Crippen LogP contribution in [0.2, 0.25) is 0 Å². The summed E-state index contributed by atoms with van der Waals surface area (Å²) in [6.07, 6.45) is 3.57. The Balaban J connectivity index is 1.38. The summed E-state index contributed by atoms with van der Waals surface area (Å²) in [4.78, 5) is 31.0. The molecule has 1 aromatic carbocycles. The van der Waals surface area contributed by atoms with Gasteiger partial charge >= 0.3 is 5.97 Å². The van der Waals surface area contributed by atoms with E-state index in [-0.39, 0.29) is 0 Å². The number of aromatic amines is 1. The van der Waals surface area contributed by atoms with E-state index in [1.54, 1.807) is 30.6 Å². The Hall–Kier alpha value is -4.18. The molecule has 4 heterocycles. The number of rotatable bonds is 6. The van der Waals surface area contributed by atoms with Crippen molar-refractivity contribution in [2.45, 2.75) is 0 Å². The fourth-order valence-electron chi connectivity index (χ4n) is 3.64. The minimum absolute atomic E-state index is 0.401. The lowest BCUT2D eigenvalue weighted by Gasteiger charge is -2.27. The van der Waals surface area contributed by atoms with Gasteiger partial charge in [0.05, 0.1) is 43.3 Å². The zero-order chi connectivity index (χ0) is 22.6. The molecular formula is C23H23N7O3. The van der Waals surface area contributed by atoms with Crippen LogP contribution in [0.1, 0.15) is 10.4 Å². The van der Waals surface area contributed by atoms with Gasteiger partial charge in [-0.05, 0) is 36.4 Å². The zero-order valence-electron chi connectivity index (χ0n) is 18.0. The average molecular weight is 445 g/mol. The number of pyridine rings is 1. The number of fused-ring (bicyclic) bond motifs is 1. The van der Waals surface area contributed by atoms with Crippen molar-refractivity contribution < 1.29 is 14.3 Å². The van der Waals surface area contributed by atoms with Gasteiger partial charge in [0.15, 0.2) is 5.82 Å². The summed E-state index contributed by atoms with van der Waals surface area (Å²) >= 11 is 0. The summed E-state index contributed by atoms with van der Waals surface area (Å²) in [5.41, 5.74) is 3.43. The molecule has 3 aromatic heterocycles. The molecule has 0 bridgehead atoms. The van der Waals surface area contributed by atoms with E-state index in [0.29, 0.717) is 36.2 Å². The fraction of sp³-hybridized carbons (Fsp3) is 0.217. The maximum atomic E-state index is 11.9. The summed E-state index contributed by atoms with van der Waals surface area (Å²) < 4.78 is 10.2. The molecule has 168 valence electrons. The van der Waals surface area contributed by atoms with Crippen molar-refractivity contribution in [3.8, 4) is 0 Å². The molecule has 0 saturated carbocycles. The molecule has 0 atom stereocenters. The van der Waals surface area contributed by atoms with Crippen molar-refractivity contribution >= 4 is 46.0 Å². The van der Waals surface area contributed by atoms with Gasteiger partial charge in [0.25, 0.3) is 0 Å². The number of carbonyl (C=O) groups is 1. The first-order chi connectivity index (χ1) is 16.2. The second-order valence-corrected chi connectivity index (χ2v) is 7.46. The molecule has 0 spiro atoms. The summed E-state index contributed by atoms with van der Waals surface area (Å²) in [6, 6.07) is 12.8. The number of ether oxygens (including phenoxy) is 2. The molecule has 0 amide bonds. The van der Waals surface area contributed by atoms with Crippen molar-refractivity contribution in [3.63, 3.8) is 0 Å². The highest BCUT2D eigenvalue weighted by atomic mass is 16.5. The van der Waals surface area contributed by atoms with E-state index >= 15 is 0 Å². The van der Waals surface area contributed by atoms with Gasteiger partial charge in [-0.1, -0.05) is 6.07 Å². The Bertz CT molecular complexity index is 1270. The molecule has 3 N–H and O–H groups in total. The van der Waals surface area contributed by atoms with Gasteiger partial charge in [0, 0.05) is 25.0 Å². The molecule has 1 fully saturated rings. The third-order valence-electron chi connectivity index (χ3n) is 5.29. The Morgan fingerprint density at radius 3 is 2.76 bits per heavy atom. The topological polar surface area (TPSA) is 117 Å². The minimum Gasteiger partial charge on any atom is -0.465 e. The monoisotopic (exact) mass is 445 g/mol. The van der Waals surface area contributed by atoms with E-state index in [0.717, 1.165) is 35.6 Å². The number of hydrogen-bond donors (Lipinski definition) is 3. The van der Waals surface area contributed by atoms with Crippen molar-refractivity contribution in [1.29, 1.82) is 0 Å². The van der Waals surface area contributed by atoms with E-state index in [1.165, 1.54) is 7.11 Å². The third-order valence-corrected chi connectivity index (χ3v) is 5.29. The normalized spacial score (nSPS) is 13.7. The van der Waals surface area contributed by atoms with Crippen molar-refractivity contribution in [3.05, 3.63) is 60.4 Å². The Labute approximate surface area is 190 Å². The first kappa shape index (κ1) is 20.7. The van der Waals surface area contributed by atoms with Gasteiger partial charge < -0.3 is 30.0 Å². The molecule has 10 heteroatoms. The molecule has 0 unspecified atom stereocenters. The van der Waals surface area contributed by atoms with Crippen molar-refractivity contribution in [2.24, 2.45) is 0 Å². The van der Waals surface area contributed by atoms with Crippen LogP contribution in [-0.4, -0.2) is 59.3 Å². The number of hydrogen-bond acceptors (Lipinski definition) is 9. The van der Waals surface area contributed by atoms with E-state index in [2.05, 4.69) is 35.5 Å². The van der Waals surface area contributed by atoms with Gasteiger partial charge in [0.1, 0.15) is 11.3 Å². The third kappa shape index (κ3) is 4.55. The number of nitrogens with zero attached hydrogens (tertiary/aromatic N) is 4. The molecule has 0 aliphatic carbocycles. The SMILES string of the molecule is COC(=O)c1cccc(Nc2nc(Nc3ccc(N4CCOCC4)nc3)nc3cc[nH]c23)c1. The van der Waals surface area contributed by atoms with Crippen LogP contribution in [0.5, 0.6) is 0 Å². The lowest BCUT2D eigenvalue weighted by atomic mass is 10.2. The quantitative estimate of drug-likeness (QED) is 0.384. The Morgan fingerprint density at radius 1 is 1.09 bits per heavy atom. The van der Waals surface area contributed by atoms with Crippen LogP contribution in [0.3, 0.4) is 0 Å². The lowest BCUT2D eigenvalue weighted by Crippen LogP contribution is -2.36. The molecule has 4 aromatic rings. The van der Waals surface area contributed by atoms with Gasteiger partial charge in [-0.15, -0.1) is 0 Å². The van der Waals surface area contributed by atoms with Crippen LogP contribution in [0, 0.1) is 0 Å². The highest BCUT2D eigenvalue weighted by Gasteiger charge is 2.14. The summed E-state index contributed by atoms with van der Waals surface area (Å²) in [5, 5.41) is 6.49. The van der Waals surface area contributed by atoms with Gasteiger partial charge in [0.2, 0.25) is 5.95 Å². The zero-order valence-corrected chi connectivity index (χ0v) is 18.0. The molecule has 10 nitrogen and oxygen atoms in total. The molecule has 0 radical (unpaired) electrons. The van der Waals surface area contributed by atoms with E-state index in [1.807, 2.05) is 24.3 Å². The van der Waals surface area contributed by atoms with Gasteiger partial charge in [-0.25, -0.2) is 14.8 Å². The molecule has 1 saturated heterocycles. The standard InChI is InChI=1S/C23H23N7O3/c1-32-22(31)15-3-2-4-16(13-15)26-21-20-18(7-8-24-20)28-23(29-21)27-17-5-6-19(25-14-17)30-9-11-33-12-10-30/h2-8,13-14,24H,9-12H2,1H3,(H2,26,27,28,29). The van der Waals surface area contributed by atoms with Gasteiger partial charge in [-0.3, -0.25) is 0 Å². The first-order valence-corrected chi connectivity index (χ1v) is 10.6. The van der Waals surface area contributed by atoms with Gasteiger partial charge in [-0.2, -0.15) is 4.98 Å². The minimum atomic E-state index is -0.401. The second-order valence-electron chi connectivity index (χ2n) is 7.46. The number of carbonyl (C=O) groups excluding carboxylic acids is 1. The molecule has 33 heavy (non-hydrogen) atoms. The van der Waals surface area contributed by atoms with E-state index in [4.69, 9.17) is 9.47 Å². The first-order valence-electron chi connectivity index (χ1n) is 10.6. The average Bonchev–Trinajstić information content (AvgIpc) is 3.34.